The number of hydrogen-bond donors (Lipinski definition) is 2. The number of nitrogens with one attached hydrogen (secondary N) is 2. The highest BCUT2D eigenvalue weighted by Crippen LogP contribution is 2.52. The van der Waals surface area contributed by atoms with Gasteiger partial charge in [0.2, 0.25) is 21.8 Å². The van der Waals surface area contributed by atoms with Crippen LogP contribution < -0.4 is 10.0 Å². The molecule has 2 aliphatic rings. The van der Waals surface area contributed by atoms with Gasteiger partial charge in [0.25, 0.3) is 0 Å². The Morgan fingerprint density at radius 3 is 2.41 bits per heavy atom. The quantitative estimate of drug-likeness (QED) is 0.414. The maximum atomic E-state index is 13.5. The van der Waals surface area contributed by atoms with Crippen LogP contribution in [0.4, 0.5) is 10.1 Å². The van der Waals surface area contributed by atoms with Gasteiger partial charge in [-0.05, 0) is 80.5 Å². The maximum absolute atomic E-state index is 13.5. The van der Waals surface area contributed by atoms with E-state index in [-0.39, 0.29) is 30.6 Å². The molecular formula is C27H36FN3O5S. The smallest absolute Gasteiger partial charge is 0.234 e. The van der Waals surface area contributed by atoms with Crippen LogP contribution in [0.5, 0.6) is 0 Å². The van der Waals surface area contributed by atoms with Gasteiger partial charge in [0.05, 0.1) is 11.9 Å². The number of rotatable bonds is 11. The molecule has 0 radical (unpaired) electrons. The van der Waals surface area contributed by atoms with Crippen LogP contribution in [0.1, 0.15) is 99.1 Å². The highest BCUT2D eigenvalue weighted by atomic mass is 32.2. The molecular weight excluding hydrogens is 497 g/mol. The molecule has 0 unspecified atom stereocenters. The van der Waals surface area contributed by atoms with E-state index in [4.69, 9.17) is 4.52 Å². The standard InChI is InChI=1S/C27H36FN3O5S/c1-15(2)9-17-11-20(12-17)27-25(18-5-6-18)26(30-36-27)19(14-24(33)31-37(4,34)35)13-23(32)29-22-8-7-21(28)10-16(22)3/h7-8,10,15,17-20H,5-6,9,11-14H2,1-4H3,(H,29,32)(H,31,33)/t17?,19-,20?/m1/s1. The van der Waals surface area contributed by atoms with Crippen molar-refractivity contribution in [2.45, 2.75) is 83.5 Å². The predicted octanol–water partition coefficient (Wildman–Crippen LogP) is 5.12. The molecule has 0 aliphatic heterocycles. The molecule has 2 saturated carbocycles. The molecule has 2 fully saturated rings. The summed E-state index contributed by atoms with van der Waals surface area (Å²) in [6.07, 6.45) is 5.83. The Kier molecular flexibility index (Phi) is 8.06. The normalized spacial score (nSPS) is 20.4. The zero-order valence-corrected chi connectivity index (χ0v) is 22.7. The molecule has 10 heteroatoms. The summed E-state index contributed by atoms with van der Waals surface area (Å²) in [6, 6.07) is 4.08. The minimum atomic E-state index is -3.75. The number of carbonyl (C=O) groups is 2. The summed E-state index contributed by atoms with van der Waals surface area (Å²) in [5.74, 6) is 0.575. The van der Waals surface area contributed by atoms with Crippen LogP contribution in [0.3, 0.4) is 0 Å². The number of halogens is 1. The van der Waals surface area contributed by atoms with Crippen molar-refractivity contribution in [3.63, 3.8) is 0 Å². The van der Waals surface area contributed by atoms with Gasteiger partial charge >= 0.3 is 0 Å². The zero-order valence-electron chi connectivity index (χ0n) is 21.8. The lowest BCUT2D eigenvalue weighted by Crippen LogP contribution is -2.31. The molecule has 1 heterocycles. The number of aromatic nitrogens is 1. The summed E-state index contributed by atoms with van der Waals surface area (Å²) < 4.78 is 44.6. The van der Waals surface area contributed by atoms with Crippen LogP contribution in [0.2, 0.25) is 0 Å². The van der Waals surface area contributed by atoms with Crippen LogP contribution in [-0.4, -0.2) is 31.6 Å². The van der Waals surface area contributed by atoms with Crippen molar-refractivity contribution in [1.29, 1.82) is 0 Å². The van der Waals surface area contributed by atoms with Gasteiger partial charge in [-0.25, -0.2) is 12.8 Å². The number of nitrogens with zero attached hydrogens (tertiary/aromatic N) is 1. The second-order valence-electron chi connectivity index (χ2n) is 11.2. The van der Waals surface area contributed by atoms with Crippen LogP contribution >= 0.6 is 0 Å². The lowest BCUT2D eigenvalue weighted by Gasteiger charge is -2.35. The third kappa shape index (κ3) is 7.18. The second kappa shape index (κ2) is 10.9. The Balaban J connectivity index is 1.57. The molecule has 8 nitrogen and oxygen atoms in total. The topological polar surface area (TPSA) is 118 Å². The van der Waals surface area contributed by atoms with Crippen molar-refractivity contribution < 1.29 is 26.9 Å². The first-order valence-electron chi connectivity index (χ1n) is 13.0. The van der Waals surface area contributed by atoms with E-state index in [1.807, 2.05) is 4.72 Å². The van der Waals surface area contributed by atoms with E-state index in [1.54, 1.807) is 6.92 Å². The number of carbonyl (C=O) groups excluding carboxylic acids is 2. The highest BCUT2D eigenvalue weighted by molar-refractivity contribution is 7.89. The van der Waals surface area contributed by atoms with Gasteiger partial charge in [-0.3, -0.25) is 14.3 Å². The van der Waals surface area contributed by atoms with E-state index >= 15 is 0 Å². The molecule has 0 spiro atoms. The van der Waals surface area contributed by atoms with E-state index < -0.39 is 27.7 Å². The SMILES string of the molecule is Cc1cc(F)ccc1NC(=O)C[C@H](CC(=O)NS(C)(=O)=O)c1noc(C2CC(CC(C)C)C2)c1C1CC1. The molecule has 2 N–H and O–H groups in total. The zero-order chi connectivity index (χ0) is 26.9. The minimum absolute atomic E-state index is 0.0969. The third-order valence-corrected chi connectivity index (χ3v) is 7.79. The number of hydrogen-bond acceptors (Lipinski definition) is 6. The van der Waals surface area contributed by atoms with Crippen LogP contribution in [0, 0.1) is 24.6 Å². The van der Waals surface area contributed by atoms with Crippen LogP contribution in [-0.2, 0) is 19.6 Å². The van der Waals surface area contributed by atoms with Crippen molar-refractivity contribution in [3.8, 4) is 0 Å². The van der Waals surface area contributed by atoms with Gasteiger partial charge in [-0.15, -0.1) is 0 Å². The summed E-state index contributed by atoms with van der Waals surface area (Å²) in [4.78, 5) is 25.6. The Morgan fingerprint density at radius 2 is 1.81 bits per heavy atom. The fourth-order valence-corrected chi connectivity index (χ4v) is 5.93. The number of amides is 2. The molecule has 37 heavy (non-hydrogen) atoms. The molecule has 202 valence electrons. The Bertz CT molecular complexity index is 1260. The number of anilines is 1. The van der Waals surface area contributed by atoms with Gasteiger partial charge in [-0.1, -0.05) is 19.0 Å². The first kappa shape index (κ1) is 27.3. The monoisotopic (exact) mass is 533 g/mol. The lowest BCUT2D eigenvalue weighted by molar-refractivity contribution is -0.120. The van der Waals surface area contributed by atoms with Gasteiger partial charge in [0.15, 0.2) is 0 Å². The number of sulfonamides is 1. The Morgan fingerprint density at radius 1 is 1.14 bits per heavy atom. The second-order valence-corrected chi connectivity index (χ2v) is 12.9. The maximum Gasteiger partial charge on any atom is 0.234 e. The summed E-state index contributed by atoms with van der Waals surface area (Å²) >= 11 is 0. The van der Waals surface area contributed by atoms with Crippen molar-refractivity contribution in [1.82, 2.24) is 9.88 Å². The van der Waals surface area contributed by atoms with E-state index in [9.17, 15) is 22.4 Å². The fraction of sp³-hybridized carbons (Fsp3) is 0.593. The van der Waals surface area contributed by atoms with E-state index in [1.165, 1.54) is 24.6 Å². The van der Waals surface area contributed by atoms with Gasteiger partial charge < -0.3 is 9.84 Å². The largest absolute Gasteiger partial charge is 0.361 e. The van der Waals surface area contributed by atoms with Crippen molar-refractivity contribution in [2.24, 2.45) is 11.8 Å². The Labute approximate surface area is 217 Å². The van der Waals surface area contributed by atoms with Gasteiger partial charge in [0.1, 0.15) is 11.6 Å². The summed E-state index contributed by atoms with van der Waals surface area (Å²) in [5.41, 5.74) is 2.61. The Hall–Kier alpha value is -2.75. The third-order valence-electron chi connectivity index (χ3n) is 7.19. The summed E-state index contributed by atoms with van der Waals surface area (Å²) in [6.45, 7) is 6.14. The lowest BCUT2D eigenvalue weighted by atomic mass is 9.69. The van der Waals surface area contributed by atoms with Crippen LogP contribution in [0.25, 0.3) is 0 Å². The van der Waals surface area contributed by atoms with Gasteiger partial charge in [0, 0.05) is 35.9 Å². The summed E-state index contributed by atoms with van der Waals surface area (Å²) in [5, 5.41) is 7.16. The van der Waals surface area contributed by atoms with Crippen molar-refractivity contribution >= 4 is 27.5 Å². The molecule has 0 saturated heterocycles. The molecule has 0 bridgehead atoms. The highest BCUT2D eigenvalue weighted by Gasteiger charge is 2.42. The molecule has 2 aromatic rings. The number of benzene rings is 1. The first-order valence-corrected chi connectivity index (χ1v) is 14.8. The molecule has 4 rings (SSSR count). The van der Waals surface area contributed by atoms with Crippen molar-refractivity contribution in [3.05, 3.63) is 46.6 Å². The molecule has 1 aromatic heterocycles. The van der Waals surface area contributed by atoms with E-state index in [0.717, 1.165) is 43.3 Å². The van der Waals surface area contributed by atoms with E-state index in [2.05, 4.69) is 24.3 Å². The summed E-state index contributed by atoms with van der Waals surface area (Å²) in [7, 11) is -3.75. The fourth-order valence-electron chi connectivity index (χ4n) is 5.43. The van der Waals surface area contributed by atoms with Gasteiger partial charge in [-0.2, -0.15) is 0 Å². The van der Waals surface area contributed by atoms with Crippen LogP contribution in [0.15, 0.2) is 22.7 Å². The average Bonchev–Trinajstić information content (AvgIpc) is 3.49. The molecule has 2 amide bonds. The minimum Gasteiger partial charge on any atom is -0.361 e. The molecule has 1 atom stereocenters. The average molecular weight is 534 g/mol. The molecule has 1 aromatic carbocycles. The predicted molar refractivity (Wildman–Crippen MR) is 138 cm³/mol. The van der Waals surface area contributed by atoms with E-state index in [0.29, 0.717) is 28.8 Å². The van der Waals surface area contributed by atoms with Crippen molar-refractivity contribution in [2.75, 3.05) is 11.6 Å². The number of aryl methyl sites for hydroxylation is 1. The first-order chi connectivity index (χ1) is 17.4. The molecule has 2 aliphatic carbocycles.